The summed E-state index contributed by atoms with van der Waals surface area (Å²) in [7, 11) is -2.31. The first-order chi connectivity index (χ1) is 14.4. The van der Waals surface area contributed by atoms with Crippen LogP contribution in [0.5, 0.6) is 5.75 Å². The summed E-state index contributed by atoms with van der Waals surface area (Å²) in [6.45, 7) is 2.39. The van der Waals surface area contributed by atoms with Crippen molar-refractivity contribution in [3.63, 3.8) is 0 Å². The second kappa shape index (κ2) is 7.84. The van der Waals surface area contributed by atoms with E-state index in [0.29, 0.717) is 23.5 Å². The van der Waals surface area contributed by atoms with Gasteiger partial charge in [-0.15, -0.1) is 0 Å². The molecule has 1 aliphatic rings. The Morgan fingerprint density at radius 3 is 2.50 bits per heavy atom. The molecule has 3 aromatic carbocycles. The smallest absolute Gasteiger partial charge is 0.261 e. The lowest BCUT2D eigenvalue weighted by molar-refractivity contribution is 0.0988. The Kier molecular flexibility index (Phi) is 5.22. The average Bonchev–Trinajstić information content (AvgIpc) is 3.18. The van der Waals surface area contributed by atoms with Gasteiger partial charge in [0, 0.05) is 23.5 Å². The van der Waals surface area contributed by atoms with E-state index in [1.807, 2.05) is 31.2 Å². The number of benzene rings is 3. The molecule has 0 atom stereocenters. The van der Waals surface area contributed by atoms with Gasteiger partial charge in [0.05, 0.1) is 12.0 Å². The quantitative estimate of drug-likeness (QED) is 0.674. The van der Waals surface area contributed by atoms with E-state index in [1.54, 1.807) is 42.3 Å². The number of para-hydroxylation sites is 1. The van der Waals surface area contributed by atoms with Gasteiger partial charge in [0.1, 0.15) is 5.75 Å². The predicted octanol–water partition coefficient (Wildman–Crippen LogP) is 4.01. The van der Waals surface area contributed by atoms with Crippen molar-refractivity contribution in [2.24, 2.45) is 0 Å². The number of ether oxygens (including phenoxy) is 1. The topological polar surface area (TPSA) is 75.7 Å². The van der Waals surface area contributed by atoms with Gasteiger partial charge in [0.15, 0.2) is 0 Å². The van der Waals surface area contributed by atoms with Gasteiger partial charge in [0.2, 0.25) is 0 Å². The SMILES string of the molecule is COc1ccc(NS(=O)(=O)c2ccc(C)c(C(=O)N3CCc4ccccc43)c2)cc1. The van der Waals surface area contributed by atoms with Crippen LogP contribution in [-0.4, -0.2) is 28.0 Å². The number of hydrogen-bond donors (Lipinski definition) is 1. The van der Waals surface area contributed by atoms with Crippen molar-refractivity contribution in [2.45, 2.75) is 18.2 Å². The first kappa shape index (κ1) is 20.0. The maximum atomic E-state index is 13.2. The van der Waals surface area contributed by atoms with Crippen LogP contribution in [0.3, 0.4) is 0 Å². The van der Waals surface area contributed by atoms with Crippen LogP contribution in [0.25, 0.3) is 0 Å². The summed E-state index contributed by atoms with van der Waals surface area (Å²) in [6.07, 6.45) is 0.790. The number of fused-ring (bicyclic) bond motifs is 1. The second-order valence-corrected chi connectivity index (χ2v) is 8.83. The minimum absolute atomic E-state index is 0.0414. The molecule has 1 aliphatic heterocycles. The molecule has 7 heteroatoms. The summed E-state index contributed by atoms with van der Waals surface area (Å²) in [5.74, 6) is 0.436. The highest BCUT2D eigenvalue weighted by Crippen LogP contribution is 2.30. The maximum Gasteiger partial charge on any atom is 0.261 e. The molecular formula is C23H22N2O4S. The lowest BCUT2D eigenvalue weighted by atomic mass is 10.1. The Morgan fingerprint density at radius 2 is 1.77 bits per heavy atom. The molecule has 1 amide bonds. The summed E-state index contributed by atoms with van der Waals surface area (Å²) in [5.41, 5.74) is 3.52. The third-order valence-corrected chi connectivity index (χ3v) is 6.60. The summed E-state index contributed by atoms with van der Waals surface area (Å²) in [5, 5.41) is 0. The fraction of sp³-hybridized carbons (Fsp3) is 0.174. The predicted molar refractivity (Wildman–Crippen MR) is 117 cm³/mol. The lowest BCUT2D eigenvalue weighted by Gasteiger charge is -2.19. The molecule has 0 saturated heterocycles. The average molecular weight is 423 g/mol. The van der Waals surface area contributed by atoms with Crippen molar-refractivity contribution in [1.82, 2.24) is 0 Å². The van der Waals surface area contributed by atoms with Gasteiger partial charge in [-0.2, -0.15) is 0 Å². The third kappa shape index (κ3) is 3.76. The van der Waals surface area contributed by atoms with Gasteiger partial charge >= 0.3 is 0 Å². The molecule has 154 valence electrons. The first-order valence-corrected chi connectivity index (χ1v) is 11.0. The van der Waals surface area contributed by atoms with Crippen molar-refractivity contribution in [3.8, 4) is 5.75 Å². The van der Waals surface area contributed by atoms with E-state index in [9.17, 15) is 13.2 Å². The van der Waals surface area contributed by atoms with Gasteiger partial charge in [0.25, 0.3) is 15.9 Å². The second-order valence-electron chi connectivity index (χ2n) is 7.15. The molecule has 1 N–H and O–H groups in total. The number of rotatable bonds is 5. The van der Waals surface area contributed by atoms with Crippen LogP contribution in [0.1, 0.15) is 21.5 Å². The molecule has 1 heterocycles. The molecule has 3 aromatic rings. The number of carbonyl (C=O) groups is 1. The largest absolute Gasteiger partial charge is 0.497 e. The minimum atomic E-state index is -3.85. The van der Waals surface area contributed by atoms with Crippen LogP contribution in [0.2, 0.25) is 0 Å². The summed E-state index contributed by atoms with van der Waals surface area (Å²) >= 11 is 0. The Labute approximate surface area is 176 Å². The van der Waals surface area contributed by atoms with E-state index in [2.05, 4.69) is 4.72 Å². The normalized spacial score (nSPS) is 13.1. The molecule has 0 saturated carbocycles. The van der Waals surface area contributed by atoms with Crippen LogP contribution >= 0.6 is 0 Å². The maximum absolute atomic E-state index is 13.2. The zero-order valence-electron chi connectivity index (χ0n) is 16.8. The Bertz CT molecular complexity index is 1200. The molecule has 0 fully saturated rings. The number of methoxy groups -OCH3 is 1. The highest BCUT2D eigenvalue weighted by Gasteiger charge is 2.27. The van der Waals surface area contributed by atoms with Gasteiger partial charge in [-0.3, -0.25) is 9.52 Å². The van der Waals surface area contributed by atoms with Gasteiger partial charge < -0.3 is 9.64 Å². The number of amides is 1. The molecule has 0 spiro atoms. The number of nitrogens with zero attached hydrogens (tertiary/aromatic N) is 1. The molecular weight excluding hydrogens is 400 g/mol. The third-order valence-electron chi connectivity index (χ3n) is 5.22. The van der Waals surface area contributed by atoms with Crippen molar-refractivity contribution < 1.29 is 17.9 Å². The standard InChI is InChI=1S/C23H22N2O4S/c1-16-7-12-20(30(27,28)24-18-8-10-19(29-2)11-9-18)15-21(16)23(26)25-14-13-17-5-3-4-6-22(17)25/h3-12,15,24H,13-14H2,1-2H3. The molecule has 0 unspecified atom stereocenters. The van der Waals surface area contributed by atoms with Crippen LogP contribution < -0.4 is 14.4 Å². The van der Waals surface area contributed by atoms with E-state index in [-0.39, 0.29) is 10.8 Å². The van der Waals surface area contributed by atoms with Crippen LogP contribution in [0, 0.1) is 6.92 Å². The Hall–Kier alpha value is -3.32. The number of anilines is 2. The molecule has 0 aliphatic carbocycles. The molecule has 0 bridgehead atoms. The molecule has 4 rings (SSSR count). The first-order valence-electron chi connectivity index (χ1n) is 9.56. The Morgan fingerprint density at radius 1 is 1.03 bits per heavy atom. The van der Waals surface area contributed by atoms with Crippen LogP contribution in [-0.2, 0) is 16.4 Å². The van der Waals surface area contributed by atoms with E-state index in [4.69, 9.17) is 4.74 Å². The number of nitrogens with one attached hydrogen (secondary N) is 1. The Balaban J connectivity index is 1.63. The van der Waals surface area contributed by atoms with E-state index < -0.39 is 10.0 Å². The van der Waals surface area contributed by atoms with Crippen LogP contribution in [0.4, 0.5) is 11.4 Å². The molecule has 30 heavy (non-hydrogen) atoms. The number of sulfonamides is 1. The number of hydrogen-bond acceptors (Lipinski definition) is 4. The van der Waals surface area contributed by atoms with E-state index >= 15 is 0 Å². The minimum Gasteiger partial charge on any atom is -0.497 e. The van der Waals surface area contributed by atoms with Crippen molar-refractivity contribution in [2.75, 3.05) is 23.3 Å². The molecule has 6 nitrogen and oxygen atoms in total. The fourth-order valence-electron chi connectivity index (χ4n) is 3.57. The number of carbonyl (C=O) groups excluding carboxylic acids is 1. The van der Waals surface area contributed by atoms with Gasteiger partial charge in [-0.05, 0) is 66.9 Å². The molecule has 0 aromatic heterocycles. The summed E-state index contributed by atoms with van der Waals surface area (Å²) in [6, 6.07) is 19.0. The number of aryl methyl sites for hydroxylation is 1. The summed E-state index contributed by atoms with van der Waals surface area (Å²) in [4.78, 5) is 15.0. The van der Waals surface area contributed by atoms with Crippen LogP contribution in [0.15, 0.2) is 71.6 Å². The molecule has 0 radical (unpaired) electrons. The lowest BCUT2D eigenvalue weighted by Crippen LogP contribution is -2.29. The highest BCUT2D eigenvalue weighted by atomic mass is 32.2. The van der Waals surface area contributed by atoms with Gasteiger partial charge in [-0.25, -0.2) is 8.42 Å². The van der Waals surface area contributed by atoms with Crippen molar-refractivity contribution in [3.05, 3.63) is 83.4 Å². The summed E-state index contributed by atoms with van der Waals surface area (Å²) < 4.78 is 33.4. The monoisotopic (exact) mass is 422 g/mol. The van der Waals surface area contributed by atoms with Gasteiger partial charge in [-0.1, -0.05) is 24.3 Å². The fourth-order valence-corrected chi connectivity index (χ4v) is 4.65. The van der Waals surface area contributed by atoms with E-state index in [0.717, 1.165) is 23.2 Å². The van der Waals surface area contributed by atoms with E-state index in [1.165, 1.54) is 12.1 Å². The highest BCUT2D eigenvalue weighted by molar-refractivity contribution is 7.92. The zero-order chi connectivity index (χ0) is 21.3. The van der Waals surface area contributed by atoms with Crippen molar-refractivity contribution in [1.29, 1.82) is 0 Å². The zero-order valence-corrected chi connectivity index (χ0v) is 17.6. The van der Waals surface area contributed by atoms with Crippen molar-refractivity contribution >= 4 is 27.3 Å².